The molecule has 1 fully saturated rings. The smallest absolute Gasteiger partial charge is 0.309 e. The second kappa shape index (κ2) is 8.69. The Hall–Kier alpha value is -0.570. The minimum atomic E-state index is -0.0230. The minimum absolute atomic E-state index is 0.00499. The third-order valence-corrected chi connectivity index (χ3v) is 4.67. The van der Waals surface area contributed by atoms with E-state index in [1.807, 2.05) is 0 Å². The van der Waals surface area contributed by atoms with Crippen LogP contribution in [0.3, 0.4) is 0 Å². The summed E-state index contributed by atoms with van der Waals surface area (Å²) in [5.41, 5.74) is 0.574. The number of ether oxygens (including phenoxy) is 2. The number of rotatable bonds is 9. The topological polar surface area (TPSA) is 38.8 Å². The quantitative estimate of drug-likeness (QED) is 0.413. The van der Waals surface area contributed by atoms with Gasteiger partial charge >= 0.3 is 5.97 Å². The Morgan fingerprint density at radius 1 is 1.04 bits per heavy atom. The fraction of sp³-hybridized carbons (Fsp3) is 0.952. The fourth-order valence-electron chi connectivity index (χ4n) is 3.80. The fourth-order valence-corrected chi connectivity index (χ4v) is 3.80. The van der Waals surface area contributed by atoms with Crippen LogP contribution in [0.2, 0.25) is 0 Å². The van der Waals surface area contributed by atoms with Gasteiger partial charge in [0.1, 0.15) is 12.7 Å². The van der Waals surface area contributed by atoms with Crippen LogP contribution in [-0.4, -0.2) is 25.3 Å². The van der Waals surface area contributed by atoms with Crippen molar-refractivity contribution in [1.82, 2.24) is 0 Å². The molecular formula is C21H40O3. The van der Waals surface area contributed by atoms with E-state index in [1.165, 1.54) is 6.42 Å². The maximum atomic E-state index is 12.6. The maximum Gasteiger partial charge on any atom is 0.309 e. The summed E-state index contributed by atoms with van der Waals surface area (Å²) in [5.74, 6) is 0.962. The van der Waals surface area contributed by atoms with Gasteiger partial charge in [-0.1, -0.05) is 55.4 Å². The van der Waals surface area contributed by atoms with Crippen LogP contribution >= 0.6 is 0 Å². The SMILES string of the molecule is CC(CCC(C(=O)OCC1CO1)C(C)CC(C)(C)C)CC(C)(C)C. The van der Waals surface area contributed by atoms with Gasteiger partial charge in [-0.2, -0.15) is 0 Å². The number of carbonyl (C=O) groups is 1. The van der Waals surface area contributed by atoms with Crippen molar-refractivity contribution in [2.75, 3.05) is 13.2 Å². The summed E-state index contributed by atoms with van der Waals surface area (Å²) in [5, 5.41) is 0. The van der Waals surface area contributed by atoms with Gasteiger partial charge in [0.05, 0.1) is 12.5 Å². The first-order valence-corrected chi connectivity index (χ1v) is 9.65. The first-order valence-electron chi connectivity index (χ1n) is 9.65. The zero-order chi connectivity index (χ0) is 18.5. The van der Waals surface area contributed by atoms with Crippen molar-refractivity contribution in [3.8, 4) is 0 Å². The van der Waals surface area contributed by atoms with Crippen LogP contribution in [-0.2, 0) is 14.3 Å². The van der Waals surface area contributed by atoms with Gasteiger partial charge in [-0.15, -0.1) is 0 Å². The van der Waals surface area contributed by atoms with Crippen molar-refractivity contribution in [1.29, 1.82) is 0 Å². The summed E-state index contributed by atoms with van der Waals surface area (Å²) in [7, 11) is 0. The van der Waals surface area contributed by atoms with Gasteiger partial charge in [0.15, 0.2) is 0 Å². The van der Waals surface area contributed by atoms with E-state index >= 15 is 0 Å². The number of epoxide rings is 1. The molecule has 0 saturated carbocycles. The van der Waals surface area contributed by atoms with Crippen LogP contribution < -0.4 is 0 Å². The highest BCUT2D eigenvalue weighted by molar-refractivity contribution is 5.72. The lowest BCUT2D eigenvalue weighted by atomic mass is 9.76. The van der Waals surface area contributed by atoms with Crippen molar-refractivity contribution >= 4 is 5.97 Å². The van der Waals surface area contributed by atoms with Crippen LogP contribution in [0.5, 0.6) is 0 Å². The molecule has 0 radical (unpaired) electrons. The van der Waals surface area contributed by atoms with E-state index in [1.54, 1.807) is 0 Å². The standard InChI is InChI=1S/C21H40O3/c1-15(11-20(3,4)5)9-10-18(16(2)12-21(6,7)8)19(22)24-14-17-13-23-17/h15-18H,9-14H2,1-8H3. The molecule has 0 spiro atoms. The third kappa shape index (κ3) is 9.66. The molecule has 4 atom stereocenters. The van der Waals surface area contributed by atoms with E-state index in [4.69, 9.17) is 9.47 Å². The molecule has 0 aromatic heterocycles. The van der Waals surface area contributed by atoms with Crippen molar-refractivity contribution < 1.29 is 14.3 Å². The average Bonchev–Trinajstić information content (AvgIpc) is 3.15. The molecule has 0 aliphatic carbocycles. The van der Waals surface area contributed by atoms with Crippen LogP contribution in [0.25, 0.3) is 0 Å². The van der Waals surface area contributed by atoms with Crippen molar-refractivity contribution in [2.24, 2.45) is 28.6 Å². The molecule has 3 heteroatoms. The molecule has 1 rings (SSSR count). The van der Waals surface area contributed by atoms with Crippen molar-refractivity contribution in [3.63, 3.8) is 0 Å². The zero-order valence-corrected chi connectivity index (χ0v) is 17.3. The van der Waals surface area contributed by atoms with Gasteiger partial charge in [0.2, 0.25) is 0 Å². The molecule has 1 aliphatic heterocycles. The molecule has 1 aliphatic rings. The number of esters is 1. The molecule has 24 heavy (non-hydrogen) atoms. The largest absolute Gasteiger partial charge is 0.463 e. The maximum absolute atomic E-state index is 12.6. The normalized spacial score (nSPS) is 21.9. The Kier molecular flexibility index (Phi) is 7.77. The summed E-state index contributed by atoms with van der Waals surface area (Å²) >= 11 is 0. The predicted molar refractivity (Wildman–Crippen MR) is 99.9 cm³/mol. The molecule has 4 unspecified atom stereocenters. The van der Waals surface area contributed by atoms with Gasteiger partial charge in [0, 0.05) is 0 Å². The van der Waals surface area contributed by atoms with E-state index in [0.717, 1.165) is 25.9 Å². The number of hydrogen-bond donors (Lipinski definition) is 0. The summed E-state index contributed by atoms with van der Waals surface area (Å²) in [4.78, 5) is 12.6. The lowest BCUT2D eigenvalue weighted by Crippen LogP contribution is -2.29. The van der Waals surface area contributed by atoms with Crippen LogP contribution in [0.4, 0.5) is 0 Å². The Bertz CT molecular complexity index is 385. The zero-order valence-electron chi connectivity index (χ0n) is 17.3. The lowest BCUT2D eigenvalue weighted by molar-refractivity contribution is -0.151. The molecule has 0 N–H and O–H groups in total. The van der Waals surface area contributed by atoms with Gasteiger partial charge < -0.3 is 9.47 Å². The van der Waals surface area contributed by atoms with E-state index in [0.29, 0.717) is 23.9 Å². The number of carbonyl (C=O) groups excluding carboxylic acids is 1. The number of hydrogen-bond acceptors (Lipinski definition) is 3. The first-order chi connectivity index (χ1) is 10.9. The summed E-state index contributed by atoms with van der Waals surface area (Å²) < 4.78 is 10.7. The van der Waals surface area contributed by atoms with E-state index in [9.17, 15) is 4.79 Å². The predicted octanol–water partition coefficient (Wildman–Crippen LogP) is 5.47. The first kappa shape index (κ1) is 21.5. The van der Waals surface area contributed by atoms with E-state index in [-0.39, 0.29) is 23.4 Å². The molecule has 0 aromatic rings. The Balaban J connectivity index is 2.59. The molecule has 0 amide bonds. The second-order valence-corrected chi connectivity index (χ2v) is 10.4. The summed E-state index contributed by atoms with van der Waals surface area (Å²) in [6.45, 7) is 19.3. The molecule has 3 nitrogen and oxygen atoms in total. The van der Waals surface area contributed by atoms with Crippen molar-refractivity contribution in [2.45, 2.75) is 87.2 Å². The Morgan fingerprint density at radius 3 is 2.04 bits per heavy atom. The molecule has 142 valence electrons. The van der Waals surface area contributed by atoms with Gasteiger partial charge in [-0.05, 0) is 48.3 Å². The third-order valence-electron chi connectivity index (χ3n) is 4.67. The molecule has 0 bridgehead atoms. The highest BCUT2D eigenvalue weighted by atomic mass is 16.6. The highest BCUT2D eigenvalue weighted by Gasteiger charge is 2.32. The average molecular weight is 341 g/mol. The van der Waals surface area contributed by atoms with Gasteiger partial charge in [-0.3, -0.25) is 4.79 Å². The van der Waals surface area contributed by atoms with Crippen molar-refractivity contribution in [3.05, 3.63) is 0 Å². The van der Waals surface area contributed by atoms with Gasteiger partial charge in [0.25, 0.3) is 0 Å². The highest BCUT2D eigenvalue weighted by Crippen LogP contribution is 2.34. The minimum Gasteiger partial charge on any atom is -0.463 e. The van der Waals surface area contributed by atoms with E-state index in [2.05, 4.69) is 55.4 Å². The molecule has 1 saturated heterocycles. The second-order valence-electron chi connectivity index (χ2n) is 10.4. The monoisotopic (exact) mass is 340 g/mol. The molecule has 0 aromatic carbocycles. The van der Waals surface area contributed by atoms with Crippen LogP contribution in [0.15, 0.2) is 0 Å². The lowest BCUT2D eigenvalue weighted by Gasteiger charge is -2.30. The Labute approximate surface area is 149 Å². The van der Waals surface area contributed by atoms with Crippen LogP contribution in [0.1, 0.15) is 81.1 Å². The summed E-state index contributed by atoms with van der Waals surface area (Å²) in [6, 6.07) is 0. The Morgan fingerprint density at radius 2 is 1.58 bits per heavy atom. The van der Waals surface area contributed by atoms with Gasteiger partial charge in [-0.25, -0.2) is 0 Å². The molecular weight excluding hydrogens is 300 g/mol. The summed E-state index contributed by atoms with van der Waals surface area (Å²) in [6.07, 6.45) is 4.40. The van der Waals surface area contributed by atoms with Crippen LogP contribution in [0, 0.1) is 28.6 Å². The molecule has 1 heterocycles. The van der Waals surface area contributed by atoms with E-state index < -0.39 is 0 Å².